The maximum Gasteiger partial charge on any atom is 0.364 e. The quantitative estimate of drug-likeness (QED) is 0.0308. The summed E-state index contributed by atoms with van der Waals surface area (Å²) in [5.74, 6) is -6.15. The largest absolute Gasteiger partial charge is 0.477 e. The third-order valence-electron chi connectivity index (χ3n) is 15.6. The fourth-order valence-electron chi connectivity index (χ4n) is 10.6. The van der Waals surface area contributed by atoms with Crippen molar-refractivity contribution in [3.8, 4) is 0 Å². The van der Waals surface area contributed by atoms with E-state index in [0.717, 1.165) is 77.6 Å². The third kappa shape index (κ3) is 25.3. The van der Waals surface area contributed by atoms with E-state index in [4.69, 9.17) is 28.4 Å². The molecule has 3 fully saturated rings. The zero-order valence-electron chi connectivity index (χ0n) is 49.1. The number of aliphatic carboxylic acids is 1. The van der Waals surface area contributed by atoms with E-state index in [2.05, 4.69) is 36.6 Å². The third-order valence-corrected chi connectivity index (χ3v) is 15.6. The standard InChI is InChI=1S/C59H106N2O21/c1-4-6-8-10-12-14-16-17-18-19-20-21-23-25-27-29-31-33-46(69)61-40(41(66)32-30-28-26-24-22-15-13-11-9-7-5-2)38-77-56-51(73)50(72)53(45(37-64)79-56)80-57-52(74)55(49(71)44(36-63)78-57)82-59(58(75)76)34-42(67)47(60-39(3)65)54(81-59)48(70)43(68)35-62/h17-18,30,32,40-45,47-57,62-64,66-68,70-74H,4-16,19-29,31,33-38H2,1-3H3,(H,60,65)(H,61,69)(H,75,76)/b18-17-,32-30+. The van der Waals surface area contributed by atoms with Crippen molar-refractivity contribution in [2.45, 2.75) is 304 Å². The van der Waals surface area contributed by atoms with Crippen LogP contribution >= 0.6 is 0 Å². The number of hydrogen-bond donors (Lipinski definition) is 14. The van der Waals surface area contributed by atoms with Gasteiger partial charge in [-0.2, -0.15) is 0 Å². The lowest BCUT2D eigenvalue weighted by molar-refractivity contribution is -0.386. The molecular weight excluding hydrogens is 1070 g/mol. The van der Waals surface area contributed by atoms with Gasteiger partial charge in [-0.3, -0.25) is 9.59 Å². The summed E-state index contributed by atoms with van der Waals surface area (Å²) >= 11 is 0. The second-order valence-electron chi connectivity index (χ2n) is 22.6. The van der Waals surface area contributed by atoms with Gasteiger partial charge in [-0.15, -0.1) is 0 Å². The lowest BCUT2D eigenvalue weighted by Crippen LogP contribution is -2.70. The molecule has 0 bridgehead atoms. The van der Waals surface area contributed by atoms with Crippen molar-refractivity contribution in [3.63, 3.8) is 0 Å². The molecule has 23 heteroatoms. The monoisotopic (exact) mass is 1180 g/mol. The van der Waals surface area contributed by atoms with E-state index in [1.165, 1.54) is 77.0 Å². The molecule has 3 aliphatic rings. The molecule has 2 amide bonds. The first-order chi connectivity index (χ1) is 39.4. The molecule has 18 unspecified atom stereocenters. The van der Waals surface area contributed by atoms with E-state index in [0.29, 0.717) is 12.8 Å². The zero-order valence-corrected chi connectivity index (χ0v) is 49.1. The van der Waals surface area contributed by atoms with Crippen LogP contribution in [0.3, 0.4) is 0 Å². The molecule has 0 saturated carbocycles. The summed E-state index contributed by atoms with van der Waals surface area (Å²) in [4.78, 5) is 38.4. The minimum Gasteiger partial charge on any atom is -0.477 e. The van der Waals surface area contributed by atoms with Gasteiger partial charge >= 0.3 is 5.97 Å². The van der Waals surface area contributed by atoms with Crippen molar-refractivity contribution in [2.75, 3.05) is 26.4 Å². The highest BCUT2D eigenvalue weighted by Crippen LogP contribution is 2.38. The minimum absolute atomic E-state index is 0.195. The summed E-state index contributed by atoms with van der Waals surface area (Å²) in [7, 11) is 0. The number of aliphatic hydroxyl groups excluding tert-OH is 11. The van der Waals surface area contributed by atoms with E-state index >= 15 is 0 Å². The molecular formula is C59H106N2O21. The Morgan fingerprint density at radius 1 is 0.634 bits per heavy atom. The van der Waals surface area contributed by atoms with Gasteiger partial charge in [0.25, 0.3) is 5.79 Å². The number of nitrogens with one attached hydrogen (secondary N) is 2. The van der Waals surface area contributed by atoms with Crippen LogP contribution in [-0.2, 0) is 42.8 Å². The Kier molecular flexibility index (Phi) is 37.0. The van der Waals surface area contributed by atoms with Crippen LogP contribution in [0.15, 0.2) is 24.3 Å². The fourth-order valence-corrected chi connectivity index (χ4v) is 10.6. The fraction of sp³-hybridized carbons (Fsp3) is 0.881. The summed E-state index contributed by atoms with van der Waals surface area (Å²) < 4.78 is 34.6. The minimum atomic E-state index is -3.08. The molecule has 0 aliphatic carbocycles. The SMILES string of the molecule is CCCCCCCC/C=C\CCCCCCCCCC(=O)NC(COC1OC(CO)C(OC2OC(CO)C(O)C(OC3(C(=O)O)CC(O)C(NC(C)=O)C(C(O)C(O)CO)O3)C2O)C(O)C1O)C(O)/C=C/CCCCCCCCCCC. The highest BCUT2D eigenvalue weighted by molar-refractivity contribution is 5.77. The van der Waals surface area contributed by atoms with Gasteiger partial charge in [-0.1, -0.05) is 154 Å². The van der Waals surface area contributed by atoms with Crippen LogP contribution in [0.2, 0.25) is 0 Å². The predicted octanol–water partition coefficient (Wildman–Crippen LogP) is 2.94. The average molecular weight is 1180 g/mol. The predicted molar refractivity (Wildman–Crippen MR) is 301 cm³/mol. The smallest absolute Gasteiger partial charge is 0.364 e. The number of allylic oxidation sites excluding steroid dienone is 3. The number of amides is 2. The van der Waals surface area contributed by atoms with E-state index in [9.17, 15) is 75.7 Å². The van der Waals surface area contributed by atoms with Crippen LogP contribution in [0, 0.1) is 0 Å². The van der Waals surface area contributed by atoms with Gasteiger partial charge in [-0.05, 0) is 44.9 Å². The maximum absolute atomic E-state index is 13.4. The lowest BCUT2D eigenvalue weighted by Gasteiger charge is -2.50. The van der Waals surface area contributed by atoms with Gasteiger partial charge in [0.2, 0.25) is 11.8 Å². The number of aliphatic hydroxyl groups is 11. The molecule has 3 aliphatic heterocycles. The van der Waals surface area contributed by atoms with Crippen molar-refractivity contribution in [3.05, 3.63) is 24.3 Å². The van der Waals surface area contributed by atoms with Crippen molar-refractivity contribution in [1.82, 2.24) is 10.6 Å². The van der Waals surface area contributed by atoms with Crippen molar-refractivity contribution in [2.24, 2.45) is 0 Å². The van der Waals surface area contributed by atoms with Gasteiger partial charge in [0.05, 0.1) is 50.7 Å². The second-order valence-corrected chi connectivity index (χ2v) is 22.6. The van der Waals surface area contributed by atoms with Crippen LogP contribution in [-0.4, -0.2) is 215 Å². The van der Waals surface area contributed by atoms with Gasteiger partial charge in [0.1, 0.15) is 67.1 Å². The van der Waals surface area contributed by atoms with Crippen LogP contribution in [0.25, 0.3) is 0 Å². The van der Waals surface area contributed by atoms with Crippen LogP contribution in [0.5, 0.6) is 0 Å². The number of carbonyl (C=O) groups excluding carboxylic acids is 2. The van der Waals surface area contributed by atoms with Crippen molar-refractivity contribution >= 4 is 17.8 Å². The molecule has 0 aromatic carbocycles. The normalized spacial score (nSPS) is 30.3. The van der Waals surface area contributed by atoms with Crippen LogP contribution < -0.4 is 10.6 Å². The summed E-state index contributed by atoms with van der Waals surface area (Å²) in [5, 5.41) is 135. The Hall–Kier alpha value is -2.79. The highest BCUT2D eigenvalue weighted by atomic mass is 16.8. The Balaban J connectivity index is 1.66. The molecule has 3 heterocycles. The van der Waals surface area contributed by atoms with E-state index in [1.54, 1.807) is 6.08 Å². The first kappa shape index (κ1) is 73.5. The van der Waals surface area contributed by atoms with Crippen molar-refractivity contribution < 1.29 is 104 Å². The molecule has 0 spiro atoms. The number of ether oxygens (including phenoxy) is 6. The molecule has 23 nitrogen and oxygen atoms in total. The molecule has 3 saturated heterocycles. The molecule has 3 rings (SSSR count). The maximum atomic E-state index is 13.4. The molecule has 0 aromatic rings. The summed E-state index contributed by atoms with van der Waals surface area (Å²) in [6, 6.07) is -2.62. The van der Waals surface area contributed by atoms with E-state index in [1.807, 2.05) is 6.08 Å². The summed E-state index contributed by atoms with van der Waals surface area (Å²) in [6.07, 6.45) is 6.79. The Labute approximate surface area is 485 Å². The van der Waals surface area contributed by atoms with E-state index in [-0.39, 0.29) is 12.3 Å². The summed E-state index contributed by atoms with van der Waals surface area (Å²) in [6.45, 7) is 2.07. The zero-order chi connectivity index (χ0) is 60.5. The first-order valence-corrected chi connectivity index (χ1v) is 30.7. The average Bonchev–Trinajstić information content (AvgIpc) is 3.45. The van der Waals surface area contributed by atoms with Crippen LogP contribution in [0.4, 0.5) is 0 Å². The summed E-state index contributed by atoms with van der Waals surface area (Å²) in [5.41, 5.74) is 0. The van der Waals surface area contributed by atoms with Gasteiger partial charge in [0.15, 0.2) is 12.6 Å². The number of carboxylic acid groups (broad SMARTS) is 1. The Morgan fingerprint density at radius 2 is 1.15 bits per heavy atom. The molecule has 18 atom stereocenters. The number of carboxylic acids is 1. The number of unbranched alkanes of at least 4 members (excludes halogenated alkanes) is 22. The second kappa shape index (κ2) is 41.3. The number of rotatable bonds is 44. The van der Waals surface area contributed by atoms with Gasteiger partial charge in [-0.25, -0.2) is 4.79 Å². The Bertz CT molecular complexity index is 1780. The molecule has 14 N–H and O–H groups in total. The molecule has 82 heavy (non-hydrogen) atoms. The number of carbonyl (C=O) groups is 3. The lowest BCUT2D eigenvalue weighted by atomic mass is 9.88. The Morgan fingerprint density at radius 3 is 1.66 bits per heavy atom. The molecule has 0 aromatic heterocycles. The first-order valence-electron chi connectivity index (χ1n) is 30.7. The van der Waals surface area contributed by atoms with Gasteiger partial charge in [0, 0.05) is 19.8 Å². The van der Waals surface area contributed by atoms with Crippen LogP contribution in [0.1, 0.15) is 194 Å². The highest BCUT2D eigenvalue weighted by Gasteiger charge is 2.60. The number of hydrogen-bond acceptors (Lipinski definition) is 20. The van der Waals surface area contributed by atoms with Gasteiger partial charge < -0.3 is 100 Å². The van der Waals surface area contributed by atoms with E-state index < -0.39 is 155 Å². The molecule has 0 radical (unpaired) electrons. The van der Waals surface area contributed by atoms with Crippen molar-refractivity contribution in [1.29, 1.82) is 0 Å². The molecule has 478 valence electrons. The topological polar surface area (TPSA) is 373 Å².